The van der Waals surface area contributed by atoms with Crippen LogP contribution in [0.25, 0.3) is 5.69 Å². The lowest BCUT2D eigenvalue weighted by atomic mass is 10.0. The van der Waals surface area contributed by atoms with Crippen LogP contribution in [0.5, 0.6) is 11.5 Å². The van der Waals surface area contributed by atoms with Crippen molar-refractivity contribution >= 4 is 40.9 Å². The van der Waals surface area contributed by atoms with Gasteiger partial charge in [-0.3, -0.25) is 14.2 Å². The second kappa shape index (κ2) is 12.4. The molecule has 1 aromatic heterocycles. The Morgan fingerprint density at radius 1 is 1.00 bits per heavy atom. The number of nitrogens with one attached hydrogen (secondary N) is 1. The fraction of sp³-hybridized carbons (Fsp3) is 0.241. The summed E-state index contributed by atoms with van der Waals surface area (Å²) in [6.45, 7) is 0.783. The van der Waals surface area contributed by atoms with E-state index in [-0.39, 0.29) is 24.1 Å². The number of fused-ring (bicyclic) bond motifs is 1. The first-order valence-electron chi connectivity index (χ1n) is 12.7. The number of carbonyl (C=O) groups excluding carboxylic acids is 2. The highest BCUT2D eigenvalue weighted by atomic mass is 35.5. The van der Waals surface area contributed by atoms with E-state index in [9.17, 15) is 9.59 Å². The highest BCUT2D eigenvalue weighted by Crippen LogP contribution is 2.30. The van der Waals surface area contributed by atoms with E-state index >= 15 is 0 Å². The van der Waals surface area contributed by atoms with Gasteiger partial charge in [0.05, 0.1) is 32.2 Å². The van der Waals surface area contributed by atoms with Crippen LogP contribution in [0.2, 0.25) is 5.02 Å². The molecular formula is C29H28ClN5O4S. The van der Waals surface area contributed by atoms with Crippen LogP contribution in [-0.4, -0.2) is 53.1 Å². The number of hydrogen-bond acceptors (Lipinski definition) is 7. The molecule has 4 aromatic rings. The molecule has 0 saturated carbocycles. The van der Waals surface area contributed by atoms with Gasteiger partial charge in [-0.25, -0.2) is 0 Å². The van der Waals surface area contributed by atoms with Crippen LogP contribution in [0.15, 0.2) is 71.9 Å². The molecule has 40 heavy (non-hydrogen) atoms. The maximum absolute atomic E-state index is 13.3. The van der Waals surface area contributed by atoms with Crippen molar-refractivity contribution in [3.05, 3.63) is 88.7 Å². The number of hydrogen-bond donors (Lipinski definition) is 1. The third-order valence-electron chi connectivity index (χ3n) is 6.56. The van der Waals surface area contributed by atoms with Crippen LogP contribution in [0.1, 0.15) is 28.2 Å². The Labute approximate surface area is 241 Å². The predicted molar refractivity (Wildman–Crippen MR) is 155 cm³/mol. The number of nitrogens with zero attached hydrogens (tertiary/aromatic N) is 4. The number of carbonyl (C=O) groups is 2. The second-order valence-corrected chi connectivity index (χ2v) is 10.4. The first kappa shape index (κ1) is 27.5. The highest BCUT2D eigenvalue weighted by Gasteiger charge is 2.24. The number of anilines is 1. The lowest BCUT2D eigenvalue weighted by molar-refractivity contribution is -0.116. The molecule has 11 heteroatoms. The zero-order valence-electron chi connectivity index (χ0n) is 22.1. The summed E-state index contributed by atoms with van der Waals surface area (Å²) in [5, 5.41) is 12.7. The number of aromatic nitrogens is 3. The molecule has 206 valence electrons. The molecule has 2 amide bonds. The van der Waals surface area contributed by atoms with E-state index in [0.717, 1.165) is 24.2 Å². The molecule has 0 aliphatic carbocycles. The zero-order chi connectivity index (χ0) is 28.1. The molecule has 0 spiro atoms. The summed E-state index contributed by atoms with van der Waals surface area (Å²) in [6, 6.07) is 20.2. The number of methoxy groups -OCH3 is 2. The lowest BCUT2D eigenvalue weighted by Crippen LogP contribution is -2.36. The molecule has 1 aliphatic heterocycles. The smallest absolute Gasteiger partial charge is 0.251 e. The van der Waals surface area contributed by atoms with Crippen molar-refractivity contribution in [1.82, 2.24) is 20.1 Å². The van der Waals surface area contributed by atoms with Gasteiger partial charge >= 0.3 is 0 Å². The summed E-state index contributed by atoms with van der Waals surface area (Å²) < 4.78 is 12.4. The number of halogens is 1. The Hall–Kier alpha value is -4.02. The van der Waals surface area contributed by atoms with Gasteiger partial charge in [-0.2, -0.15) is 0 Å². The molecule has 0 radical (unpaired) electrons. The molecule has 1 N–H and O–H groups in total. The van der Waals surface area contributed by atoms with Crippen LogP contribution in [-0.2, 0) is 17.8 Å². The summed E-state index contributed by atoms with van der Waals surface area (Å²) >= 11 is 7.59. The summed E-state index contributed by atoms with van der Waals surface area (Å²) in [7, 11) is 3.05. The SMILES string of the molecule is COc1ccc(C(=O)NCc2nnc(SCC(=O)N3CCCc4ccccc43)n2-c2cccc(Cl)c2)cc1OC. The minimum Gasteiger partial charge on any atom is -0.493 e. The van der Waals surface area contributed by atoms with E-state index in [1.54, 1.807) is 30.3 Å². The zero-order valence-corrected chi connectivity index (χ0v) is 23.7. The number of ether oxygens (including phenoxy) is 2. The van der Waals surface area contributed by atoms with Crippen LogP contribution >= 0.6 is 23.4 Å². The van der Waals surface area contributed by atoms with Gasteiger partial charge in [0.1, 0.15) is 0 Å². The minimum atomic E-state index is -0.310. The van der Waals surface area contributed by atoms with Crippen LogP contribution in [0.4, 0.5) is 5.69 Å². The molecule has 1 aliphatic rings. The van der Waals surface area contributed by atoms with E-state index in [4.69, 9.17) is 21.1 Å². The van der Waals surface area contributed by atoms with Crippen LogP contribution in [0, 0.1) is 0 Å². The second-order valence-electron chi connectivity index (χ2n) is 9.03. The number of benzene rings is 3. The molecule has 0 fully saturated rings. The molecule has 9 nitrogen and oxygen atoms in total. The van der Waals surface area contributed by atoms with E-state index in [2.05, 4.69) is 21.6 Å². The number of thioether (sulfide) groups is 1. The monoisotopic (exact) mass is 577 g/mol. The molecule has 3 aromatic carbocycles. The maximum atomic E-state index is 13.3. The number of amides is 2. The molecule has 2 heterocycles. The van der Waals surface area contributed by atoms with Gasteiger partial charge in [-0.1, -0.05) is 47.6 Å². The topological polar surface area (TPSA) is 98.6 Å². The highest BCUT2D eigenvalue weighted by molar-refractivity contribution is 7.99. The fourth-order valence-electron chi connectivity index (χ4n) is 4.62. The van der Waals surface area contributed by atoms with Crippen LogP contribution < -0.4 is 19.7 Å². The molecule has 0 unspecified atom stereocenters. The van der Waals surface area contributed by atoms with Crippen molar-refractivity contribution in [2.24, 2.45) is 0 Å². The summed E-state index contributed by atoms with van der Waals surface area (Å²) in [5.41, 5.74) is 3.29. The third-order valence-corrected chi connectivity index (χ3v) is 7.70. The van der Waals surface area contributed by atoms with Gasteiger partial charge in [0, 0.05) is 22.8 Å². The molecule has 0 bridgehead atoms. The van der Waals surface area contributed by atoms with E-state index in [0.29, 0.717) is 39.6 Å². The summed E-state index contributed by atoms with van der Waals surface area (Å²) in [5.74, 6) is 1.36. The van der Waals surface area contributed by atoms with Crippen molar-refractivity contribution in [2.45, 2.75) is 24.5 Å². The fourth-order valence-corrected chi connectivity index (χ4v) is 5.65. The molecule has 0 saturated heterocycles. The van der Waals surface area contributed by atoms with Gasteiger partial charge in [-0.05, 0) is 60.9 Å². The maximum Gasteiger partial charge on any atom is 0.251 e. The normalized spacial score (nSPS) is 12.5. The lowest BCUT2D eigenvalue weighted by Gasteiger charge is -2.29. The number of aryl methyl sites for hydroxylation is 1. The molecular weight excluding hydrogens is 550 g/mol. The first-order chi connectivity index (χ1) is 19.5. The van der Waals surface area contributed by atoms with E-state index in [1.165, 1.54) is 31.5 Å². The van der Waals surface area contributed by atoms with Gasteiger partial charge in [0.15, 0.2) is 22.5 Å². The Morgan fingerprint density at radius 2 is 1.82 bits per heavy atom. The van der Waals surface area contributed by atoms with Crippen LogP contribution in [0.3, 0.4) is 0 Å². The van der Waals surface area contributed by atoms with Gasteiger partial charge in [0.2, 0.25) is 5.91 Å². The Morgan fingerprint density at radius 3 is 2.62 bits per heavy atom. The average Bonchev–Trinajstić information content (AvgIpc) is 3.40. The average molecular weight is 578 g/mol. The standard InChI is InChI=1S/C29H28ClN5O4S/c1-38-24-13-12-20(15-25(24)39-2)28(37)31-17-26-32-33-29(35(26)22-10-5-9-21(30)16-22)40-18-27(36)34-14-6-8-19-7-3-4-11-23(19)34/h3-5,7,9-13,15-16H,6,8,14,17-18H2,1-2H3,(H,31,37). The van der Waals surface area contributed by atoms with Gasteiger partial charge in [0.25, 0.3) is 5.91 Å². The minimum absolute atomic E-state index is 0.00102. The largest absolute Gasteiger partial charge is 0.493 e. The van der Waals surface area contributed by atoms with Gasteiger partial charge in [-0.15, -0.1) is 10.2 Å². The van der Waals surface area contributed by atoms with Crippen molar-refractivity contribution in [3.8, 4) is 17.2 Å². The number of para-hydroxylation sites is 1. The Bertz CT molecular complexity index is 1540. The third kappa shape index (κ3) is 5.93. The van der Waals surface area contributed by atoms with Crippen molar-refractivity contribution in [3.63, 3.8) is 0 Å². The van der Waals surface area contributed by atoms with Crippen molar-refractivity contribution in [1.29, 1.82) is 0 Å². The Kier molecular flexibility index (Phi) is 8.57. The van der Waals surface area contributed by atoms with Crippen molar-refractivity contribution < 1.29 is 19.1 Å². The quantitative estimate of drug-likeness (QED) is 0.281. The summed E-state index contributed by atoms with van der Waals surface area (Å²) in [4.78, 5) is 28.1. The molecule has 0 atom stereocenters. The van der Waals surface area contributed by atoms with Crippen molar-refractivity contribution in [2.75, 3.05) is 31.4 Å². The Balaban J connectivity index is 1.35. The number of rotatable bonds is 9. The van der Waals surface area contributed by atoms with E-state index in [1.807, 2.05) is 39.8 Å². The van der Waals surface area contributed by atoms with E-state index < -0.39 is 0 Å². The van der Waals surface area contributed by atoms with Gasteiger partial charge < -0.3 is 19.7 Å². The first-order valence-corrected chi connectivity index (χ1v) is 14.1. The summed E-state index contributed by atoms with van der Waals surface area (Å²) in [6.07, 6.45) is 1.89. The molecule has 5 rings (SSSR count). The predicted octanol–water partition coefficient (Wildman–Crippen LogP) is 4.94.